The fourth-order valence-corrected chi connectivity index (χ4v) is 1.39. The van der Waals surface area contributed by atoms with Crippen molar-refractivity contribution in [2.24, 2.45) is 0 Å². The minimum Gasteiger partial charge on any atom is -0.308 e. The van der Waals surface area contributed by atoms with E-state index in [0.29, 0.717) is 12.1 Å². The maximum atomic E-state index is 12.9. The molecule has 96 valence electrons. The van der Waals surface area contributed by atoms with E-state index in [1.807, 2.05) is 0 Å². The monoisotopic (exact) mass is 257 g/mol. The first-order valence-corrected chi connectivity index (χ1v) is 4.59. The quantitative estimate of drug-likeness (QED) is 0.818. The van der Waals surface area contributed by atoms with E-state index in [9.17, 15) is 26.3 Å². The second-order valence-corrected chi connectivity index (χ2v) is 3.34. The molecule has 1 unspecified atom stereocenters. The fraction of sp³-hybridized carbons (Fsp3) is 0.400. The lowest BCUT2D eigenvalue weighted by molar-refractivity contribution is -0.140. The number of alkyl halides is 5. The van der Waals surface area contributed by atoms with Crippen LogP contribution in [0, 0.1) is 5.82 Å². The first kappa shape index (κ1) is 13.8. The summed E-state index contributed by atoms with van der Waals surface area (Å²) in [5.41, 5.74) is -1.85. The van der Waals surface area contributed by atoms with Crippen LogP contribution in [0.25, 0.3) is 0 Å². The van der Waals surface area contributed by atoms with E-state index in [4.69, 9.17) is 0 Å². The fourth-order valence-electron chi connectivity index (χ4n) is 1.39. The highest BCUT2D eigenvalue weighted by Gasteiger charge is 2.35. The Morgan fingerprint density at radius 1 is 1.18 bits per heavy atom. The van der Waals surface area contributed by atoms with Crippen LogP contribution in [0.3, 0.4) is 0 Å². The molecule has 0 saturated carbocycles. The molecule has 0 radical (unpaired) electrons. The minimum atomic E-state index is -4.90. The highest BCUT2D eigenvalue weighted by molar-refractivity contribution is 5.29. The van der Waals surface area contributed by atoms with Crippen molar-refractivity contribution in [3.05, 3.63) is 35.1 Å². The number of halogens is 6. The van der Waals surface area contributed by atoms with Crippen molar-refractivity contribution in [3.63, 3.8) is 0 Å². The number of hydrogen-bond donors (Lipinski definition) is 1. The van der Waals surface area contributed by atoms with Crippen molar-refractivity contribution in [3.8, 4) is 0 Å². The number of rotatable bonds is 3. The van der Waals surface area contributed by atoms with Crippen LogP contribution in [0.2, 0.25) is 0 Å². The summed E-state index contributed by atoms with van der Waals surface area (Å²) in [7, 11) is 1.19. The van der Waals surface area contributed by atoms with Crippen molar-refractivity contribution in [1.82, 2.24) is 5.32 Å². The summed E-state index contributed by atoms with van der Waals surface area (Å²) >= 11 is 0. The van der Waals surface area contributed by atoms with Crippen LogP contribution in [0.4, 0.5) is 26.3 Å². The van der Waals surface area contributed by atoms with Gasteiger partial charge in [0.25, 0.3) is 6.43 Å². The van der Waals surface area contributed by atoms with Gasteiger partial charge in [-0.3, -0.25) is 0 Å². The molecule has 0 aliphatic carbocycles. The van der Waals surface area contributed by atoms with Crippen LogP contribution >= 0.6 is 0 Å². The molecule has 0 spiro atoms. The van der Waals surface area contributed by atoms with Gasteiger partial charge in [0.05, 0.1) is 11.6 Å². The molecule has 0 heterocycles. The smallest absolute Gasteiger partial charge is 0.308 e. The Labute approximate surface area is 93.4 Å². The molecular formula is C10H9F6N. The summed E-state index contributed by atoms with van der Waals surface area (Å²) in [6.45, 7) is 0. The lowest BCUT2D eigenvalue weighted by Crippen LogP contribution is -2.24. The van der Waals surface area contributed by atoms with E-state index < -0.39 is 30.0 Å². The number of benzene rings is 1. The number of nitrogens with one attached hydrogen (secondary N) is 1. The molecule has 1 aromatic carbocycles. The predicted octanol–water partition coefficient (Wildman–Crippen LogP) is 3.37. The van der Waals surface area contributed by atoms with Crippen molar-refractivity contribution in [1.29, 1.82) is 0 Å². The molecule has 0 amide bonds. The lowest BCUT2D eigenvalue weighted by Gasteiger charge is -2.17. The van der Waals surface area contributed by atoms with Crippen LogP contribution in [0.1, 0.15) is 17.2 Å². The van der Waals surface area contributed by atoms with Gasteiger partial charge < -0.3 is 5.32 Å². The molecule has 0 aromatic heterocycles. The van der Waals surface area contributed by atoms with Crippen molar-refractivity contribution in [2.75, 3.05) is 7.05 Å². The van der Waals surface area contributed by atoms with E-state index in [1.54, 1.807) is 0 Å². The Bertz CT molecular complexity index is 387. The van der Waals surface area contributed by atoms with E-state index in [1.165, 1.54) is 7.05 Å². The Balaban J connectivity index is 3.21. The largest absolute Gasteiger partial charge is 0.419 e. The molecule has 0 fully saturated rings. The molecule has 1 aromatic rings. The summed E-state index contributed by atoms with van der Waals surface area (Å²) in [6.07, 6.45) is -7.79. The minimum absolute atomic E-state index is 0.309. The van der Waals surface area contributed by atoms with Gasteiger partial charge in [-0.1, -0.05) is 6.07 Å². The molecule has 1 atom stereocenters. The average molecular weight is 257 g/mol. The zero-order valence-corrected chi connectivity index (χ0v) is 8.65. The van der Waals surface area contributed by atoms with Crippen LogP contribution in [0.15, 0.2) is 18.2 Å². The Hall–Kier alpha value is -1.24. The molecule has 0 saturated heterocycles. The van der Waals surface area contributed by atoms with Gasteiger partial charge in [0, 0.05) is 0 Å². The maximum Gasteiger partial charge on any atom is 0.419 e. The zero-order chi connectivity index (χ0) is 13.2. The molecule has 0 bridgehead atoms. The van der Waals surface area contributed by atoms with E-state index in [-0.39, 0.29) is 5.56 Å². The van der Waals surface area contributed by atoms with Crippen molar-refractivity contribution < 1.29 is 26.3 Å². The molecule has 17 heavy (non-hydrogen) atoms. The third kappa shape index (κ3) is 3.12. The zero-order valence-electron chi connectivity index (χ0n) is 8.65. The molecule has 1 rings (SSSR count). The van der Waals surface area contributed by atoms with Gasteiger partial charge in [-0.05, 0) is 24.7 Å². The molecule has 1 nitrogen and oxygen atoms in total. The van der Waals surface area contributed by atoms with E-state index >= 15 is 0 Å². The highest BCUT2D eigenvalue weighted by Crippen LogP contribution is 2.33. The maximum absolute atomic E-state index is 12.9. The van der Waals surface area contributed by atoms with Gasteiger partial charge in [0.2, 0.25) is 0 Å². The van der Waals surface area contributed by atoms with Crippen molar-refractivity contribution >= 4 is 0 Å². The molecular weight excluding hydrogens is 248 g/mol. The average Bonchev–Trinajstić information content (AvgIpc) is 2.19. The van der Waals surface area contributed by atoms with Crippen LogP contribution < -0.4 is 5.32 Å². The second-order valence-electron chi connectivity index (χ2n) is 3.34. The van der Waals surface area contributed by atoms with Gasteiger partial charge in [0.1, 0.15) is 5.82 Å². The molecule has 0 aliphatic heterocycles. The van der Waals surface area contributed by atoms with Crippen LogP contribution in [-0.2, 0) is 6.18 Å². The topological polar surface area (TPSA) is 12.0 Å². The SMILES string of the molecule is CNC(c1ccc(F)c(C(F)(F)F)c1)C(F)F. The van der Waals surface area contributed by atoms with E-state index in [0.717, 1.165) is 6.07 Å². The highest BCUT2D eigenvalue weighted by atomic mass is 19.4. The Kier molecular flexibility index (Phi) is 4.03. The molecule has 0 aliphatic rings. The molecule has 7 heteroatoms. The predicted molar refractivity (Wildman–Crippen MR) is 49.2 cm³/mol. The first-order chi connectivity index (χ1) is 7.77. The number of hydrogen-bond acceptors (Lipinski definition) is 1. The summed E-state index contributed by atoms with van der Waals surface area (Å²) in [5, 5.41) is 2.18. The molecule has 1 N–H and O–H groups in total. The Morgan fingerprint density at radius 2 is 1.76 bits per heavy atom. The standard InChI is InChI=1S/C10H9F6N/c1-17-8(9(12)13)5-2-3-7(11)6(4-5)10(14,15)16/h2-4,8-9,17H,1H3. The van der Waals surface area contributed by atoms with Crippen molar-refractivity contribution in [2.45, 2.75) is 18.6 Å². The van der Waals surface area contributed by atoms with Crippen LogP contribution in [0.5, 0.6) is 0 Å². The summed E-state index contributed by atoms with van der Waals surface area (Å²) in [5.74, 6) is -1.48. The summed E-state index contributed by atoms with van der Waals surface area (Å²) < 4.78 is 74.9. The van der Waals surface area contributed by atoms with Gasteiger partial charge >= 0.3 is 6.18 Å². The van der Waals surface area contributed by atoms with Gasteiger partial charge in [-0.2, -0.15) is 13.2 Å². The summed E-state index contributed by atoms with van der Waals surface area (Å²) in [6, 6.07) is 0.266. The van der Waals surface area contributed by atoms with Crippen LogP contribution in [-0.4, -0.2) is 13.5 Å². The Morgan fingerprint density at radius 3 is 2.18 bits per heavy atom. The normalized spacial score (nSPS) is 14.1. The second kappa shape index (κ2) is 4.95. The first-order valence-electron chi connectivity index (χ1n) is 4.59. The van der Waals surface area contributed by atoms with Gasteiger partial charge in [0.15, 0.2) is 0 Å². The third-order valence-corrected chi connectivity index (χ3v) is 2.22. The van der Waals surface area contributed by atoms with E-state index in [2.05, 4.69) is 5.32 Å². The summed E-state index contributed by atoms with van der Waals surface area (Å²) in [4.78, 5) is 0. The van der Waals surface area contributed by atoms with Gasteiger partial charge in [-0.15, -0.1) is 0 Å². The van der Waals surface area contributed by atoms with Gasteiger partial charge in [-0.25, -0.2) is 13.2 Å². The third-order valence-electron chi connectivity index (χ3n) is 2.22. The lowest BCUT2D eigenvalue weighted by atomic mass is 10.0.